The van der Waals surface area contributed by atoms with Crippen LogP contribution in [0.15, 0.2) is 12.1 Å². The van der Waals surface area contributed by atoms with Gasteiger partial charge in [-0.15, -0.1) is 0 Å². The summed E-state index contributed by atoms with van der Waals surface area (Å²) in [7, 11) is 0. The summed E-state index contributed by atoms with van der Waals surface area (Å²) >= 11 is 0. The number of rotatable bonds is 2. The number of aromatic hydroxyl groups is 1. The van der Waals surface area contributed by atoms with E-state index in [-0.39, 0.29) is 11.8 Å². The fourth-order valence-corrected chi connectivity index (χ4v) is 2.83. The van der Waals surface area contributed by atoms with E-state index in [4.69, 9.17) is 5.73 Å². The first-order valence-corrected chi connectivity index (χ1v) is 6.35. The molecule has 1 aromatic carbocycles. The standard InChI is InChI=1S/C14H20FNO/c1-9-7-8-11(15)14(17)12(9)13(16)10-5-3-2-4-6-10/h7-8,10,13,17H,2-6,16H2,1H3/t13-/m1/s1. The number of halogens is 1. The molecule has 2 nitrogen and oxygen atoms in total. The van der Waals surface area contributed by atoms with Crippen molar-refractivity contribution < 1.29 is 9.50 Å². The average molecular weight is 237 g/mol. The molecule has 3 N–H and O–H groups in total. The van der Waals surface area contributed by atoms with Crippen molar-refractivity contribution >= 4 is 0 Å². The lowest BCUT2D eigenvalue weighted by Gasteiger charge is -2.29. The molecule has 1 aromatic rings. The lowest BCUT2D eigenvalue weighted by molar-refractivity contribution is 0.300. The highest BCUT2D eigenvalue weighted by atomic mass is 19.1. The summed E-state index contributed by atoms with van der Waals surface area (Å²) in [5.74, 6) is -0.463. The molecule has 1 saturated carbocycles. The van der Waals surface area contributed by atoms with Gasteiger partial charge in [0.1, 0.15) is 0 Å². The summed E-state index contributed by atoms with van der Waals surface area (Å²) in [5.41, 5.74) is 7.68. The normalized spacial score (nSPS) is 19.2. The van der Waals surface area contributed by atoms with Gasteiger partial charge in [0.15, 0.2) is 11.6 Å². The van der Waals surface area contributed by atoms with Crippen LogP contribution in [0.1, 0.15) is 49.3 Å². The van der Waals surface area contributed by atoms with Gasteiger partial charge >= 0.3 is 0 Å². The number of benzene rings is 1. The van der Waals surface area contributed by atoms with Gasteiger partial charge < -0.3 is 10.8 Å². The third kappa shape index (κ3) is 2.44. The molecule has 0 saturated heterocycles. The second-order valence-electron chi connectivity index (χ2n) is 5.05. The fourth-order valence-electron chi connectivity index (χ4n) is 2.83. The minimum Gasteiger partial charge on any atom is -0.505 e. The second kappa shape index (κ2) is 5.05. The predicted octanol–water partition coefficient (Wildman–Crippen LogP) is 3.42. The van der Waals surface area contributed by atoms with Crippen LogP contribution in [0, 0.1) is 18.7 Å². The van der Waals surface area contributed by atoms with E-state index in [1.165, 1.54) is 25.3 Å². The monoisotopic (exact) mass is 237 g/mol. The molecule has 0 bridgehead atoms. The van der Waals surface area contributed by atoms with E-state index in [0.717, 1.165) is 18.4 Å². The van der Waals surface area contributed by atoms with Crippen molar-refractivity contribution in [3.05, 3.63) is 29.1 Å². The molecule has 0 radical (unpaired) electrons. The smallest absolute Gasteiger partial charge is 0.165 e. The molecule has 1 aliphatic rings. The molecule has 1 fully saturated rings. The zero-order valence-corrected chi connectivity index (χ0v) is 10.2. The van der Waals surface area contributed by atoms with Crippen LogP contribution in [0.4, 0.5) is 4.39 Å². The Labute approximate surface area is 102 Å². The molecule has 94 valence electrons. The quantitative estimate of drug-likeness (QED) is 0.827. The van der Waals surface area contributed by atoms with E-state index >= 15 is 0 Å². The van der Waals surface area contributed by atoms with E-state index < -0.39 is 5.82 Å². The molecular weight excluding hydrogens is 217 g/mol. The maximum absolute atomic E-state index is 13.4. The molecule has 0 spiro atoms. The average Bonchev–Trinajstić information content (AvgIpc) is 2.35. The van der Waals surface area contributed by atoms with Crippen LogP contribution in [-0.2, 0) is 0 Å². The maximum Gasteiger partial charge on any atom is 0.165 e. The summed E-state index contributed by atoms with van der Waals surface area (Å²) in [6.07, 6.45) is 5.80. The Kier molecular flexibility index (Phi) is 3.67. The zero-order valence-electron chi connectivity index (χ0n) is 10.2. The Bertz CT molecular complexity index is 399. The van der Waals surface area contributed by atoms with Gasteiger partial charge in [0.2, 0.25) is 0 Å². The summed E-state index contributed by atoms with van der Waals surface area (Å²) in [6, 6.07) is 2.74. The van der Waals surface area contributed by atoms with Gasteiger partial charge in [-0.3, -0.25) is 0 Å². The van der Waals surface area contributed by atoms with E-state index in [0.29, 0.717) is 11.5 Å². The Morgan fingerprint density at radius 1 is 1.29 bits per heavy atom. The first-order chi connectivity index (χ1) is 8.11. The highest BCUT2D eigenvalue weighted by Crippen LogP contribution is 2.38. The Morgan fingerprint density at radius 2 is 1.94 bits per heavy atom. The van der Waals surface area contributed by atoms with Gasteiger partial charge in [-0.05, 0) is 37.3 Å². The summed E-state index contributed by atoms with van der Waals surface area (Å²) in [6.45, 7) is 1.87. The summed E-state index contributed by atoms with van der Waals surface area (Å²) < 4.78 is 13.4. The predicted molar refractivity (Wildman–Crippen MR) is 66.3 cm³/mol. The fraction of sp³-hybridized carbons (Fsp3) is 0.571. The Hall–Kier alpha value is -1.09. The van der Waals surface area contributed by atoms with Crippen molar-refractivity contribution in [3.8, 4) is 5.75 Å². The van der Waals surface area contributed by atoms with Gasteiger partial charge in [0.05, 0.1) is 0 Å². The Balaban J connectivity index is 2.29. The van der Waals surface area contributed by atoms with Crippen molar-refractivity contribution in [1.82, 2.24) is 0 Å². The topological polar surface area (TPSA) is 46.2 Å². The molecule has 17 heavy (non-hydrogen) atoms. The van der Waals surface area contributed by atoms with Crippen LogP contribution in [0.3, 0.4) is 0 Å². The number of hydrogen-bond donors (Lipinski definition) is 2. The molecule has 0 unspecified atom stereocenters. The molecule has 1 aliphatic carbocycles. The zero-order chi connectivity index (χ0) is 12.4. The first-order valence-electron chi connectivity index (χ1n) is 6.35. The largest absolute Gasteiger partial charge is 0.505 e. The van der Waals surface area contributed by atoms with Crippen LogP contribution in [-0.4, -0.2) is 5.11 Å². The van der Waals surface area contributed by atoms with E-state index in [2.05, 4.69) is 0 Å². The van der Waals surface area contributed by atoms with Gasteiger partial charge in [0.25, 0.3) is 0 Å². The number of phenolic OH excluding ortho intramolecular Hbond substituents is 1. The van der Waals surface area contributed by atoms with Crippen LogP contribution >= 0.6 is 0 Å². The van der Waals surface area contributed by atoms with Crippen molar-refractivity contribution in [2.45, 2.75) is 45.1 Å². The number of nitrogens with two attached hydrogens (primary N) is 1. The molecule has 1 atom stereocenters. The van der Waals surface area contributed by atoms with Crippen molar-refractivity contribution in [2.24, 2.45) is 11.7 Å². The summed E-state index contributed by atoms with van der Waals surface area (Å²) in [4.78, 5) is 0. The number of aryl methyl sites for hydroxylation is 1. The highest BCUT2D eigenvalue weighted by Gasteiger charge is 2.26. The third-order valence-electron chi connectivity index (χ3n) is 3.88. The second-order valence-corrected chi connectivity index (χ2v) is 5.05. The van der Waals surface area contributed by atoms with E-state index in [9.17, 15) is 9.50 Å². The SMILES string of the molecule is Cc1ccc(F)c(O)c1[C@H](N)C1CCCCC1. The van der Waals surface area contributed by atoms with Crippen molar-refractivity contribution in [3.63, 3.8) is 0 Å². The molecule has 0 heterocycles. The summed E-state index contributed by atoms with van der Waals surface area (Å²) in [5, 5.41) is 9.82. The number of phenols is 1. The highest BCUT2D eigenvalue weighted by molar-refractivity contribution is 5.42. The molecule has 0 amide bonds. The van der Waals surface area contributed by atoms with Gasteiger partial charge in [-0.2, -0.15) is 0 Å². The molecule has 3 heteroatoms. The van der Waals surface area contributed by atoms with Crippen LogP contribution in [0.2, 0.25) is 0 Å². The van der Waals surface area contributed by atoms with Crippen LogP contribution < -0.4 is 5.73 Å². The molecule has 2 rings (SSSR count). The minimum absolute atomic E-state index is 0.244. The van der Waals surface area contributed by atoms with E-state index in [1.54, 1.807) is 6.07 Å². The molecular formula is C14H20FNO. The molecule has 0 aliphatic heterocycles. The third-order valence-corrected chi connectivity index (χ3v) is 3.88. The number of hydrogen-bond acceptors (Lipinski definition) is 2. The Morgan fingerprint density at radius 3 is 2.59 bits per heavy atom. The maximum atomic E-state index is 13.4. The van der Waals surface area contributed by atoms with Gasteiger partial charge in [-0.25, -0.2) is 4.39 Å². The lowest BCUT2D eigenvalue weighted by atomic mass is 9.80. The minimum atomic E-state index is -0.572. The molecule has 0 aromatic heterocycles. The van der Waals surface area contributed by atoms with Crippen LogP contribution in [0.5, 0.6) is 5.75 Å². The van der Waals surface area contributed by atoms with Gasteiger partial charge in [-0.1, -0.05) is 25.3 Å². The lowest BCUT2D eigenvalue weighted by Crippen LogP contribution is -2.24. The first kappa shape index (κ1) is 12.4. The van der Waals surface area contributed by atoms with Crippen LogP contribution in [0.25, 0.3) is 0 Å². The van der Waals surface area contributed by atoms with Crippen molar-refractivity contribution in [2.75, 3.05) is 0 Å². The van der Waals surface area contributed by atoms with E-state index in [1.807, 2.05) is 6.92 Å². The van der Waals surface area contributed by atoms with Gasteiger partial charge in [0, 0.05) is 11.6 Å². The van der Waals surface area contributed by atoms with Crippen molar-refractivity contribution in [1.29, 1.82) is 0 Å².